The molecule has 270 valence electrons. The minimum atomic E-state index is -0.994. The molecule has 2 aliphatic carbocycles. The highest BCUT2D eigenvalue weighted by Gasteiger charge is 2.37. The van der Waals surface area contributed by atoms with Crippen molar-refractivity contribution in [3.63, 3.8) is 0 Å². The molecule has 1 saturated carbocycles. The smallest absolute Gasteiger partial charge is 0.407 e. The highest BCUT2D eigenvalue weighted by Crippen LogP contribution is 2.44. The molecule has 4 N–H and O–H groups in total. The standard InChI is InChI=1S/C40H53N3O7/c1-6-8-20-33(41-38(48)50-24-32-30-18-11-9-16-28(30)29-17-10-12-19-31(29)32)37(47)49-25-34(39(3,4)5)42-36(46)27(15-7-2)23-35(45)43-40(26-44)21-13-14-22-40/h6-7,9-12,16-19,27,32-34,44H,1-2,8,13-15,20-26H2,3-5H3,(H,41,48)(H,42,46)(H,43,45)/t27-,33+,34-/m1/s1. The Balaban J connectivity index is 1.35. The van der Waals surface area contributed by atoms with Gasteiger partial charge in [-0.1, -0.05) is 94.3 Å². The van der Waals surface area contributed by atoms with E-state index in [4.69, 9.17) is 9.47 Å². The summed E-state index contributed by atoms with van der Waals surface area (Å²) in [6.45, 7) is 13.1. The van der Waals surface area contributed by atoms with Gasteiger partial charge >= 0.3 is 12.1 Å². The number of hydrogen-bond acceptors (Lipinski definition) is 7. The second-order valence-corrected chi connectivity index (χ2v) is 14.6. The largest absolute Gasteiger partial charge is 0.462 e. The van der Waals surface area contributed by atoms with Gasteiger partial charge in [0.1, 0.15) is 19.3 Å². The lowest BCUT2D eigenvalue weighted by molar-refractivity contribution is -0.148. The monoisotopic (exact) mass is 687 g/mol. The maximum atomic E-state index is 13.5. The lowest BCUT2D eigenvalue weighted by Gasteiger charge is -2.33. The highest BCUT2D eigenvalue weighted by molar-refractivity contribution is 5.86. The first-order valence-electron chi connectivity index (χ1n) is 17.6. The molecule has 3 atom stereocenters. The quantitative estimate of drug-likeness (QED) is 0.119. The molecule has 2 aliphatic rings. The van der Waals surface area contributed by atoms with Crippen molar-refractivity contribution < 1.29 is 33.8 Å². The summed E-state index contributed by atoms with van der Waals surface area (Å²) < 4.78 is 11.4. The van der Waals surface area contributed by atoms with Gasteiger partial charge in [0.2, 0.25) is 11.8 Å². The number of carbonyl (C=O) groups is 4. The fourth-order valence-corrected chi connectivity index (χ4v) is 6.81. The van der Waals surface area contributed by atoms with Crippen LogP contribution in [0.3, 0.4) is 0 Å². The molecule has 4 rings (SSSR count). The van der Waals surface area contributed by atoms with Crippen LogP contribution in [0.2, 0.25) is 0 Å². The van der Waals surface area contributed by atoms with E-state index < -0.39 is 41.0 Å². The van der Waals surface area contributed by atoms with Crippen molar-refractivity contribution >= 4 is 23.9 Å². The zero-order valence-corrected chi connectivity index (χ0v) is 29.7. The number of allylic oxidation sites excluding steroid dienone is 2. The number of esters is 1. The van der Waals surface area contributed by atoms with Gasteiger partial charge in [-0.25, -0.2) is 9.59 Å². The third kappa shape index (κ3) is 9.84. The van der Waals surface area contributed by atoms with Crippen LogP contribution in [0.4, 0.5) is 4.79 Å². The number of ether oxygens (including phenoxy) is 2. The maximum Gasteiger partial charge on any atom is 0.407 e. The summed E-state index contributed by atoms with van der Waals surface area (Å²) >= 11 is 0. The van der Waals surface area contributed by atoms with Crippen LogP contribution in [0.15, 0.2) is 73.8 Å². The number of fused-ring (bicyclic) bond motifs is 3. The van der Waals surface area contributed by atoms with E-state index in [0.717, 1.165) is 35.1 Å². The number of benzene rings is 2. The Morgan fingerprint density at radius 2 is 1.56 bits per heavy atom. The minimum Gasteiger partial charge on any atom is -0.462 e. The molecular formula is C40H53N3O7. The van der Waals surface area contributed by atoms with Crippen molar-refractivity contribution in [3.05, 3.63) is 85.0 Å². The van der Waals surface area contributed by atoms with Crippen LogP contribution < -0.4 is 16.0 Å². The van der Waals surface area contributed by atoms with Crippen LogP contribution in [0.5, 0.6) is 0 Å². The number of alkyl carbamates (subject to hydrolysis) is 1. The fraction of sp³-hybridized carbons (Fsp3) is 0.500. The number of nitrogens with one attached hydrogen (secondary N) is 3. The first kappa shape index (κ1) is 38.4. The molecule has 1 fully saturated rings. The Hall–Kier alpha value is -4.44. The van der Waals surface area contributed by atoms with Crippen LogP contribution in [0.1, 0.15) is 89.2 Å². The molecular weight excluding hydrogens is 634 g/mol. The van der Waals surface area contributed by atoms with Crippen molar-refractivity contribution in [2.24, 2.45) is 11.3 Å². The van der Waals surface area contributed by atoms with E-state index >= 15 is 0 Å². The molecule has 0 aromatic heterocycles. The Kier molecular flexibility index (Phi) is 13.4. The van der Waals surface area contributed by atoms with Crippen LogP contribution in [-0.4, -0.2) is 66.4 Å². The Morgan fingerprint density at radius 1 is 0.940 bits per heavy atom. The zero-order valence-electron chi connectivity index (χ0n) is 29.7. The number of aliphatic hydroxyl groups excluding tert-OH is 1. The van der Waals surface area contributed by atoms with Gasteiger partial charge < -0.3 is 30.5 Å². The molecule has 10 heteroatoms. The second kappa shape index (κ2) is 17.5. The third-order valence-corrected chi connectivity index (χ3v) is 9.86. The summed E-state index contributed by atoms with van der Waals surface area (Å²) in [5, 5.41) is 18.5. The van der Waals surface area contributed by atoms with Gasteiger partial charge in [0.05, 0.1) is 24.1 Å². The molecule has 3 amide bonds. The molecule has 0 aliphatic heterocycles. The molecule has 0 spiro atoms. The van der Waals surface area contributed by atoms with Gasteiger partial charge in [0.15, 0.2) is 0 Å². The van der Waals surface area contributed by atoms with E-state index in [1.54, 1.807) is 12.2 Å². The first-order valence-corrected chi connectivity index (χ1v) is 17.6. The molecule has 0 saturated heterocycles. The van der Waals surface area contributed by atoms with Crippen molar-refractivity contribution in [2.45, 2.75) is 95.7 Å². The molecule has 0 radical (unpaired) electrons. The van der Waals surface area contributed by atoms with Gasteiger partial charge in [0.25, 0.3) is 0 Å². The first-order chi connectivity index (χ1) is 23.9. The molecule has 0 heterocycles. The third-order valence-electron chi connectivity index (χ3n) is 9.86. The van der Waals surface area contributed by atoms with Crippen molar-refractivity contribution in [1.29, 1.82) is 0 Å². The number of carbonyl (C=O) groups excluding carboxylic acids is 4. The highest BCUT2D eigenvalue weighted by atomic mass is 16.6. The minimum absolute atomic E-state index is 0.0655. The van der Waals surface area contributed by atoms with Gasteiger partial charge in [-0.2, -0.15) is 0 Å². The van der Waals surface area contributed by atoms with Crippen LogP contribution in [-0.2, 0) is 23.9 Å². The zero-order chi connectivity index (χ0) is 36.3. The number of amides is 3. The molecule has 0 unspecified atom stereocenters. The predicted molar refractivity (Wildman–Crippen MR) is 193 cm³/mol. The summed E-state index contributed by atoms with van der Waals surface area (Å²) in [6, 6.07) is 14.5. The van der Waals surface area contributed by atoms with E-state index in [-0.39, 0.29) is 56.8 Å². The average molecular weight is 688 g/mol. The molecule has 2 aromatic rings. The summed E-state index contributed by atoms with van der Waals surface area (Å²) in [5.74, 6) is -2.14. The molecule has 0 bridgehead atoms. The molecule has 10 nitrogen and oxygen atoms in total. The van der Waals surface area contributed by atoms with Crippen LogP contribution in [0.25, 0.3) is 11.1 Å². The SMILES string of the molecule is C=CCC[C@H](NC(=O)OCC1c2ccccc2-c2ccccc21)C(=O)OC[C@@H](NC(=O)[C@H](CC=C)CC(=O)NC1(CO)CCCC1)C(C)(C)C. The fourth-order valence-electron chi connectivity index (χ4n) is 6.81. The molecule has 50 heavy (non-hydrogen) atoms. The van der Waals surface area contributed by atoms with E-state index in [2.05, 4.69) is 41.2 Å². The van der Waals surface area contributed by atoms with Crippen molar-refractivity contribution in [2.75, 3.05) is 19.8 Å². The maximum absolute atomic E-state index is 13.5. The Morgan fingerprint density at radius 3 is 2.12 bits per heavy atom. The van der Waals surface area contributed by atoms with Gasteiger partial charge in [-0.15, -0.1) is 13.2 Å². The van der Waals surface area contributed by atoms with Gasteiger partial charge in [-0.05, 0) is 59.8 Å². The van der Waals surface area contributed by atoms with E-state index in [1.807, 2.05) is 57.2 Å². The van der Waals surface area contributed by atoms with Crippen LogP contribution in [0, 0.1) is 11.3 Å². The number of hydrogen-bond donors (Lipinski definition) is 4. The second-order valence-electron chi connectivity index (χ2n) is 14.6. The lowest BCUT2D eigenvalue weighted by atomic mass is 9.86. The normalized spacial score (nSPS) is 16.6. The predicted octanol–water partition coefficient (Wildman–Crippen LogP) is 5.94. The van der Waals surface area contributed by atoms with Gasteiger partial charge in [0, 0.05) is 12.3 Å². The van der Waals surface area contributed by atoms with Crippen molar-refractivity contribution in [3.8, 4) is 11.1 Å². The average Bonchev–Trinajstić information content (AvgIpc) is 3.69. The summed E-state index contributed by atoms with van der Waals surface area (Å²) in [5.41, 5.74) is 3.24. The summed E-state index contributed by atoms with van der Waals surface area (Å²) in [7, 11) is 0. The summed E-state index contributed by atoms with van der Waals surface area (Å²) in [6.07, 6.45) is 6.70. The topological polar surface area (TPSA) is 143 Å². The van der Waals surface area contributed by atoms with Gasteiger partial charge in [-0.3, -0.25) is 9.59 Å². The number of aliphatic hydroxyl groups is 1. The number of rotatable bonds is 17. The van der Waals surface area contributed by atoms with Crippen LogP contribution >= 0.6 is 0 Å². The van der Waals surface area contributed by atoms with Crippen molar-refractivity contribution in [1.82, 2.24) is 16.0 Å². The Bertz CT molecular complexity index is 1480. The van der Waals surface area contributed by atoms with E-state index in [1.165, 1.54) is 0 Å². The molecule has 2 aromatic carbocycles. The lowest BCUT2D eigenvalue weighted by Crippen LogP contribution is -2.52. The van der Waals surface area contributed by atoms with E-state index in [9.17, 15) is 24.3 Å². The Labute approximate surface area is 296 Å². The van der Waals surface area contributed by atoms with E-state index in [0.29, 0.717) is 19.3 Å². The summed E-state index contributed by atoms with van der Waals surface area (Å²) in [4.78, 5) is 52.9.